The third kappa shape index (κ3) is 4.52. The quantitative estimate of drug-likeness (QED) is 0.510. The van der Waals surface area contributed by atoms with Crippen molar-refractivity contribution in [3.05, 3.63) is 99.3 Å². The Morgan fingerprint density at radius 2 is 1.77 bits per heavy atom. The Balaban J connectivity index is 1.49. The predicted octanol–water partition coefficient (Wildman–Crippen LogP) is 4.23. The summed E-state index contributed by atoms with van der Waals surface area (Å²) in [5.74, 6) is -0.404. The molecular weight excluding hydrogens is 396 g/mol. The highest BCUT2D eigenvalue weighted by Gasteiger charge is 2.13. The Morgan fingerprint density at radius 1 is 1.00 bits per heavy atom. The van der Waals surface area contributed by atoms with E-state index in [-0.39, 0.29) is 11.3 Å². The minimum atomic E-state index is -0.404. The van der Waals surface area contributed by atoms with Gasteiger partial charge in [0.15, 0.2) is 5.13 Å². The number of carbonyl (C=O) groups excluding carboxylic acids is 1. The van der Waals surface area contributed by atoms with Crippen molar-refractivity contribution in [2.75, 3.05) is 5.32 Å². The fraction of sp³-hybridized carbons (Fsp3) is 0.130. The molecular formula is C23H20N4O2S. The normalized spacial score (nSPS) is 10.7. The summed E-state index contributed by atoms with van der Waals surface area (Å²) >= 11 is 1.35. The van der Waals surface area contributed by atoms with Gasteiger partial charge in [-0.05, 0) is 23.6 Å². The molecule has 1 N–H and O–H groups in total. The van der Waals surface area contributed by atoms with Crippen LogP contribution in [-0.4, -0.2) is 20.7 Å². The average Bonchev–Trinajstić information content (AvgIpc) is 3.24. The number of benzene rings is 2. The van der Waals surface area contributed by atoms with E-state index in [0.717, 1.165) is 23.2 Å². The van der Waals surface area contributed by atoms with Crippen molar-refractivity contribution >= 4 is 22.4 Å². The third-order valence-corrected chi connectivity index (χ3v) is 5.41. The van der Waals surface area contributed by atoms with Crippen molar-refractivity contribution in [2.24, 2.45) is 0 Å². The zero-order chi connectivity index (χ0) is 20.9. The highest BCUT2D eigenvalue weighted by atomic mass is 32.1. The summed E-state index contributed by atoms with van der Waals surface area (Å²) in [6.45, 7) is 2.42. The number of rotatable bonds is 6. The minimum absolute atomic E-state index is 0.162. The number of hydrogen-bond donors (Lipinski definition) is 1. The molecule has 6 nitrogen and oxygen atoms in total. The number of nitrogens with one attached hydrogen (secondary N) is 1. The molecule has 0 radical (unpaired) electrons. The second kappa shape index (κ2) is 8.84. The smallest absolute Gasteiger partial charge is 0.277 e. The first kappa shape index (κ1) is 19.7. The molecule has 0 spiro atoms. The number of amides is 1. The molecule has 2 heterocycles. The van der Waals surface area contributed by atoms with E-state index in [2.05, 4.69) is 34.5 Å². The maximum atomic E-state index is 12.6. The first-order chi connectivity index (χ1) is 14.6. The summed E-state index contributed by atoms with van der Waals surface area (Å²) in [5, 5.41) is 9.38. The zero-order valence-electron chi connectivity index (χ0n) is 16.4. The molecule has 2 aromatic heterocycles. The minimum Gasteiger partial charge on any atom is -0.296 e. The van der Waals surface area contributed by atoms with Gasteiger partial charge < -0.3 is 0 Å². The molecule has 0 aliphatic heterocycles. The lowest BCUT2D eigenvalue weighted by atomic mass is 10.1. The molecule has 0 atom stereocenters. The van der Waals surface area contributed by atoms with Crippen LogP contribution in [0.15, 0.2) is 76.9 Å². The highest BCUT2D eigenvalue weighted by Crippen LogP contribution is 2.25. The van der Waals surface area contributed by atoms with E-state index < -0.39 is 5.91 Å². The largest absolute Gasteiger partial charge is 0.296 e. The Hall–Kier alpha value is -3.58. The number of nitrogens with zero attached hydrogens (tertiary/aromatic N) is 3. The number of anilines is 1. The Morgan fingerprint density at radius 3 is 2.50 bits per heavy atom. The molecule has 1 amide bonds. The average molecular weight is 417 g/mol. The number of hydrogen-bond acceptors (Lipinski definition) is 5. The molecule has 7 heteroatoms. The van der Waals surface area contributed by atoms with Gasteiger partial charge in [0, 0.05) is 17.0 Å². The van der Waals surface area contributed by atoms with Crippen LogP contribution in [0, 0.1) is 0 Å². The first-order valence-electron chi connectivity index (χ1n) is 9.60. The van der Waals surface area contributed by atoms with Crippen molar-refractivity contribution in [1.82, 2.24) is 14.8 Å². The summed E-state index contributed by atoms with van der Waals surface area (Å²) in [4.78, 5) is 29.3. The van der Waals surface area contributed by atoms with E-state index >= 15 is 0 Å². The maximum absolute atomic E-state index is 12.6. The van der Waals surface area contributed by atoms with Crippen LogP contribution in [0.25, 0.3) is 11.3 Å². The molecule has 4 aromatic rings. The number of carbonyl (C=O) groups is 1. The SMILES string of the molecule is CCc1ccc(-c2csc(NC(=O)c3ccc(=O)n(Cc4ccccc4)n3)n2)cc1. The van der Waals surface area contributed by atoms with E-state index in [4.69, 9.17) is 0 Å². The van der Waals surface area contributed by atoms with Crippen LogP contribution in [-0.2, 0) is 13.0 Å². The highest BCUT2D eigenvalue weighted by molar-refractivity contribution is 7.14. The summed E-state index contributed by atoms with van der Waals surface area (Å²) in [6.07, 6.45) is 0.984. The Bertz CT molecular complexity index is 1210. The second-order valence-corrected chi connectivity index (χ2v) is 7.60. The van der Waals surface area contributed by atoms with Crippen LogP contribution in [0.1, 0.15) is 28.5 Å². The van der Waals surface area contributed by atoms with E-state index in [1.54, 1.807) is 0 Å². The van der Waals surface area contributed by atoms with Crippen molar-refractivity contribution < 1.29 is 4.79 Å². The Labute approximate surface area is 177 Å². The van der Waals surface area contributed by atoms with Gasteiger partial charge in [0.2, 0.25) is 0 Å². The molecule has 150 valence electrons. The molecule has 0 fully saturated rings. The number of aryl methyl sites for hydroxylation is 1. The fourth-order valence-electron chi connectivity index (χ4n) is 2.98. The van der Waals surface area contributed by atoms with E-state index in [0.29, 0.717) is 11.7 Å². The van der Waals surface area contributed by atoms with Crippen LogP contribution in [0.3, 0.4) is 0 Å². The monoisotopic (exact) mass is 416 g/mol. The summed E-state index contributed by atoms with van der Waals surface area (Å²) < 4.78 is 1.28. The van der Waals surface area contributed by atoms with Crippen molar-refractivity contribution in [1.29, 1.82) is 0 Å². The van der Waals surface area contributed by atoms with Gasteiger partial charge in [0.1, 0.15) is 5.69 Å². The molecule has 30 heavy (non-hydrogen) atoms. The van der Waals surface area contributed by atoms with Gasteiger partial charge in [0.05, 0.1) is 12.2 Å². The van der Waals surface area contributed by atoms with Gasteiger partial charge in [-0.3, -0.25) is 14.9 Å². The molecule has 0 unspecified atom stereocenters. The molecule has 0 aliphatic rings. The topological polar surface area (TPSA) is 76.9 Å². The van der Waals surface area contributed by atoms with Crippen LogP contribution < -0.4 is 10.9 Å². The molecule has 4 rings (SSSR count). The van der Waals surface area contributed by atoms with Crippen LogP contribution in [0.2, 0.25) is 0 Å². The van der Waals surface area contributed by atoms with Gasteiger partial charge in [0.25, 0.3) is 11.5 Å². The zero-order valence-corrected chi connectivity index (χ0v) is 17.2. The van der Waals surface area contributed by atoms with E-state index in [9.17, 15) is 9.59 Å². The van der Waals surface area contributed by atoms with Gasteiger partial charge in [-0.1, -0.05) is 61.5 Å². The molecule has 0 saturated carbocycles. The molecule has 2 aromatic carbocycles. The van der Waals surface area contributed by atoms with Gasteiger partial charge in [-0.15, -0.1) is 11.3 Å². The summed E-state index contributed by atoms with van der Waals surface area (Å²) in [7, 11) is 0. The Kier molecular flexibility index (Phi) is 5.81. The van der Waals surface area contributed by atoms with Crippen molar-refractivity contribution in [3.8, 4) is 11.3 Å². The molecule has 0 aliphatic carbocycles. The van der Waals surface area contributed by atoms with Crippen LogP contribution in [0.5, 0.6) is 0 Å². The van der Waals surface area contributed by atoms with E-state index in [1.165, 1.54) is 33.7 Å². The second-order valence-electron chi connectivity index (χ2n) is 6.74. The summed E-state index contributed by atoms with van der Waals surface area (Å²) in [5.41, 5.74) is 3.90. The number of aromatic nitrogens is 3. The van der Waals surface area contributed by atoms with E-state index in [1.807, 2.05) is 47.8 Å². The van der Waals surface area contributed by atoms with Crippen LogP contribution in [0.4, 0.5) is 5.13 Å². The third-order valence-electron chi connectivity index (χ3n) is 4.66. The van der Waals surface area contributed by atoms with Crippen molar-refractivity contribution in [2.45, 2.75) is 19.9 Å². The fourth-order valence-corrected chi connectivity index (χ4v) is 3.69. The lowest BCUT2D eigenvalue weighted by molar-refractivity contribution is 0.102. The maximum Gasteiger partial charge on any atom is 0.277 e. The van der Waals surface area contributed by atoms with Crippen LogP contribution >= 0.6 is 11.3 Å². The molecule has 0 bridgehead atoms. The lowest BCUT2D eigenvalue weighted by Crippen LogP contribution is -2.26. The van der Waals surface area contributed by atoms with Gasteiger partial charge in [-0.25, -0.2) is 9.67 Å². The molecule has 0 saturated heterocycles. The lowest BCUT2D eigenvalue weighted by Gasteiger charge is -2.07. The van der Waals surface area contributed by atoms with Gasteiger partial charge in [-0.2, -0.15) is 5.10 Å². The van der Waals surface area contributed by atoms with Crippen molar-refractivity contribution in [3.63, 3.8) is 0 Å². The summed E-state index contributed by atoms with van der Waals surface area (Å²) in [6, 6.07) is 20.5. The predicted molar refractivity (Wildman–Crippen MR) is 119 cm³/mol. The van der Waals surface area contributed by atoms with Gasteiger partial charge >= 0.3 is 0 Å². The number of thiazole rings is 1. The standard InChI is InChI=1S/C23H20N4O2S/c1-2-16-8-10-18(11-9-16)20-15-30-23(24-20)25-22(29)19-12-13-21(28)27(26-19)14-17-6-4-3-5-7-17/h3-13,15H,2,14H2,1H3,(H,24,25,29). The first-order valence-corrected chi connectivity index (χ1v) is 10.5.